The van der Waals surface area contributed by atoms with Gasteiger partial charge in [0.25, 0.3) is 9.05 Å². The van der Waals surface area contributed by atoms with Crippen molar-refractivity contribution in [3.8, 4) is 0 Å². The third-order valence-electron chi connectivity index (χ3n) is 2.32. The van der Waals surface area contributed by atoms with Crippen LogP contribution in [0.4, 0.5) is 0 Å². The van der Waals surface area contributed by atoms with E-state index in [1.54, 1.807) is 0 Å². The van der Waals surface area contributed by atoms with Crippen LogP contribution in [0.3, 0.4) is 0 Å². The number of benzene rings is 1. The molecular formula is C12H14BrClO4S. The molecule has 0 saturated heterocycles. The Bertz CT molecular complexity index is 569. The lowest BCUT2D eigenvalue weighted by atomic mass is 10.1. The molecule has 1 aromatic carbocycles. The van der Waals surface area contributed by atoms with Crippen LogP contribution in [-0.4, -0.2) is 21.0 Å². The van der Waals surface area contributed by atoms with Gasteiger partial charge in [-0.1, -0.05) is 29.8 Å². The van der Waals surface area contributed by atoms with E-state index in [0.29, 0.717) is 17.0 Å². The third-order valence-corrected chi connectivity index (χ3v) is 4.11. The summed E-state index contributed by atoms with van der Waals surface area (Å²) in [5.41, 5.74) is 0.150. The quantitative estimate of drug-likeness (QED) is 0.588. The molecule has 0 N–H and O–H groups in total. The van der Waals surface area contributed by atoms with E-state index in [1.165, 1.54) is 18.2 Å². The van der Waals surface area contributed by atoms with Crippen LogP contribution in [0.5, 0.6) is 0 Å². The molecule has 0 amide bonds. The highest BCUT2D eigenvalue weighted by molar-refractivity contribution is 9.10. The Morgan fingerprint density at radius 2 is 2.00 bits per heavy atom. The number of carbonyl (C=O) groups excluding carboxylic acids is 1. The van der Waals surface area contributed by atoms with E-state index in [1.807, 2.05) is 13.8 Å². The fourth-order valence-corrected chi connectivity index (χ4v) is 2.74. The number of halogens is 2. The Hall–Kier alpha value is -0.590. The molecule has 7 heteroatoms. The third kappa shape index (κ3) is 5.50. The maximum absolute atomic E-state index is 11.8. The van der Waals surface area contributed by atoms with Gasteiger partial charge in [-0.25, -0.2) is 13.2 Å². The zero-order valence-corrected chi connectivity index (χ0v) is 13.7. The van der Waals surface area contributed by atoms with Crippen LogP contribution in [0.25, 0.3) is 0 Å². The van der Waals surface area contributed by atoms with Crippen LogP contribution < -0.4 is 0 Å². The molecule has 1 aromatic rings. The van der Waals surface area contributed by atoms with Crippen molar-refractivity contribution in [2.45, 2.75) is 25.2 Å². The molecule has 0 unspecified atom stereocenters. The molecule has 0 radical (unpaired) electrons. The fraction of sp³-hybridized carbons (Fsp3) is 0.417. The summed E-state index contributed by atoms with van der Waals surface area (Å²) in [6.45, 7) is 4.34. The Morgan fingerprint density at radius 1 is 1.37 bits per heavy atom. The lowest BCUT2D eigenvalue weighted by Gasteiger charge is -2.08. The highest BCUT2D eigenvalue weighted by atomic mass is 79.9. The maximum Gasteiger partial charge on any atom is 0.338 e. The molecule has 0 spiro atoms. The second-order valence-corrected chi connectivity index (χ2v) is 7.91. The molecule has 0 heterocycles. The fourth-order valence-electron chi connectivity index (χ4n) is 1.29. The first-order valence-corrected chi connectivity index (χ1v) is 8.73. The molecule has 0 fully saturated rings. The van der Waals surface area contributed by atoms with E-state index >= 15 is 0 Å². The lowest BCUT2D eigenvalue weighted by molar-refractivity contribution is 0.0487. The first-order valence-electron chi connectivity index (χ1n) is 5.62. The van der Waals surface area contributed by atoms with Crippen LogP contribution in [-0.2, 0) is 13.8 Å². The summed E-state index contributed by atoms with van der Waals surface area (Å²) in [7, 11) is 1.37. The first kappa shape index (κ1) is 16.5. The molecule has 106 valence electrons. The largest absolute Gasteiger partial charge is 0.462 e. The van der Waals surface area contributed by atoms with Gasteiger partial charge in [-0.3, -0.25) is 0 Å². The Kier molecular flexibility index (Phi) is 5.82. The average Bonchev–Trinajstić information content (AvgIpc) is 2.26. The summed E-state index contributed by atoms with van der Waals surface area (Å²) in [5.74, 6) is -0.141. The van der Waals surface area contributed by atoms with Gasteiger partial charge >= 0.3 is 5.97 Å². The predicted molar refractivity (Wildman–Crippen MR) is 76.9 cm³/mol. The molecule has 0 bridgehead atoms. The average molecular weight is 370 g/mol. The van der Waals surface area contributed by atoms with Crippen molar-refractivity contribution in [1.82, 2.24) is 0 Å². The summed E-state index contributed by atoms with van der Waals surface area (Å²) in [5, 5.41) is 0. The Morgan fingerprint density at radius 3 is 2.53 bits per heavy atom. The molecular weight excluding hydrogens is 356 g/mol. The standard InChI is InChI=1S/C12H14BrClO4S/c1-8(2)3-4-18-12(15)9-5-10(13)7-11(6-9)19(14,16)17/h5-8H,3-4H2,1-2H3. The van der Waals surface area contributed by atoms with Crippen molar-refractivity contribution >= 4 is 41.6 Å². The summed E-state index contributed by atoms with van der Waals surface area (Å²) >= 11 is 3.13. The van der Waals surface area contributed by atoms with Gasteiger partial charge in [-0.05, 0) is 30.5 Å². The second-order valence-electron chi connectivity index (χ2n) is 4.43. The van der Waals surface area contributed by atoms with E-state index in [0.717, 1.165) is 6.42 Å². The van der Waals surface area contributed by atoms with Crippen molar-refractivity contribution in [3.63, 3.8) is 0 Å². The highest BCUT2D eigenvalue weighted by Gasteiger charge is 2.16. The van der Waals surface area contributed by atoms with Gasteiger partial charge < -0.3 is 4.74 Å². The SMILES string of the molecule is CC(C)CCOC(=O)c1cc(Br)cc(S(=O)(=O)Cl)c1. The van der Waals surface area contributed by atoms with Crippen molar-refractivity contribution in [2.24, 2.45) is 5.92 Å². The minimum Gasteiger partial charge on any atom is -0.462 e. The Labute approximate surface area is 125 Å². The van der Waals surface area contributed by atoms with Crippen LogP contribution in [0, 0.1) is 5.92 Å². The van der Waals surface area contributed by atoms with Gasteiger partial charge in [0.1, 0.15) is 0 Å². The normalized spacial score (nSPS) is 11.6. The number of hydrogen-bond donors (Lipinski definition) is 0. The molecule has 1 rings (SSSR count). The summed E-state index contributed by atoms with van der Waals surface area (Å²) in [4.78, 5) is 11.6. The molecule has 4 nitrogen and oxygen atoms in total. The number of esters is 1. The number of rotatable bonds is 5. The van der Waals surface area contributed by atoms with Crippen LogP contribution in [0.1, 0.15) is 30.6 Å². The highest BCUT2D eigenvalue weighted by Crippen LogP contribution is 2.23. The maximum atomic E-state index is 11.8. The van der Waals surface area contributed by atoms with E-state index in [-0.39, 0.29) is 10.5 Å². The smallest absolute Gasteiger partial charge is 0.338 e. The van der Waals surface area contributed by atoms with Gasteiger partial charge in [-0.15, -0.1) is 0 Å². The molecule has 0 atom stereocenters. The molecule has 0 aliphatic rings. The molecule has 0 saturated carbocycles. The number of hydrogen-bond acceptors (Lipinski definition) is 4. The van der Waals surface area contributed by atoms with Gasteiger partial charge in [0.15, 0.2) is 0 Å². The molecule has 0 aromatic heterocycles. The van der Waals surface area contributed by atoms with Crippen molar-refractivity contribution in [2.75, 3.05) is 6.61 Å². The topological polar surface area (TPSA) is 60.4 Å². The van der Waals surface area contributed by atoms with Crippen molar-refractivity contribution in [3.05, 3.63) is 28.2 Å². The van der Waals surface area contributed by atoms with Crippen molar-refractivity contribution < 1.29 is 17.9 Å². The Balaban J connectivity index is 2.89. The summed E-state index contributed by atoms with van der Waals surface area (Å²) in [6, 6.07) is 4.02. The summed E-state index contributed by atoms with van der Waals surface area (Å²) in [6.07, 6.45) is 0.750. The van der Waals surface area contributed by atoms with E-state index < -0.39 is 15.0 Å². The minimum atomic E-state index is -3.88. The summed E-state index contributed by atoms with van der Waals surface area (Å²) < 4.78 is 28.0. The van der Waals surface area contributed by atoms with Crippen LogP contribution >= 0.6 is 26.6 Å². The van der Waals surface area contributed by atoms with E-state index in [2.05, 4.69) is 15.9 Å². The monoisotopic (exact) mass is 368 g/mol. The zero-order chi connectivity index (χ0) is 14.6. The number of ether oxygens (including phenoxy) is 1. The van der Waals surface area contributed by atoms with E-state index in [9.17, 15) is 13.2 Å². The minimum absolute atomic E-state index is 0.139. The van der Waals surface area contributed by atoms with Crippen LogP contribution in [0.2, 0.25) is 0 Å². The number of carbonyl (C=O) groups is 1. The van der Waals surface area contributed by atoms with E-state index in [4.69, 9.17) is 15.4 Å². The van der Waals surface area contributed by atoms with Gasteiger partial charge in [0.05, 0.1) is 17.1 Å². The van der Waals surface area contributed by atoms with Gasteiger partial charge in [0.2, 0.25) is 0 Å². The second kappa shape index (κ2) is 6.72. The van der Waals surface area contributed by atoms with Crippen molar-refractivity contribution in [1.29, 1.82) is 0 Å². The van der Waals surface area contributed by atoms with Gasteiger partial charge in [0, 0.05) is 15.2 Å². The molecule has 0 aliphatic heterocycles. The molecule has 0 aliphatic carbocycles. The predicted octanol–water partition coefficient (Wildman–Crippen LogP) is 3.58. The lowest BCUT2D eigenvalue weighted by Crippen LogP contribution is -2.09. The van der Waals surface area contributed by atoms with Crippen LogP contribution in [0.15, 0.2) is 27.6 Å². The van der Waals surface area contributed by atoms with Gasteiger partial charge in [-0.2, -0.15) is 0 Å². The zero-order valence-electron chi connectivity index (χ0n) is 10.5. The first-order chi connectivity index (χ1) is 8.70. The molecule has 19 heavy (non-hydrogen) atoms.